The third kappa shape index (κ3) is 4.72. The van der Waals surface area contributed by atoms with Crippen molar-refractivity contribution in [3.05, 3.63) is 47.5 Å². The van der Waals surface area contributed by atoms with Gasteiger partial charge in [0.25, 0.3) is 5.91 Å². The first-order valence-corrected chi connectivity index (χ1v) is 11.6. The SMILES string of the molecule is CCc1ccccc1NC(=O)CN(C)S(=O)(=O)c1cc2c(cc1C)NC(=O)[C@H](CC)O2. The molecular formula is C22H27N3O5S. The molecule has 0 saturated carbocycles. The minimum atomic E-state index is -3.96. The highest BCUT2D eigenvalue weighted by atomic mass is 32.2. The van der Waals surface area contributed by atoms with Crippen LogP contribution in [0.2, 0.25) is 0 Å². The van der Waals surface area contributed by atoms with Crippen LogP contribution in [0.3, 0.4) is 0 Å². The zero-order valence-corrected chi connectivity index (χ0v) is 18.9. The molecule has 31 heavy (non-hydrogen) atoms. The number of hydrogen-bond donors (Lipinski definition) is 2. The standard InChI is InChI=1S/C22H27N3O5S/c1-5-15-9-7-8-10-16(15)23-21(26)13-25(4)31(28,29)20-12-19-17(11-14(20)3)24-22(27)18(6-2)30-19/h7-12,18H,5-6,13H2,1-4H3,(H,23,26)(H,24,27)/t18-/m0/s1. The molecule has 0 bridgehead atoms. The molecule has 0 aliphatic carbocycles. The van der Waals surface area contributed by atoms with E-state index in [1.807, 2.05) is 32.0 Å². The summed E-state index contributed by atoms with van der Waals surface area (Å²) in [5.74, 6) is -0.395. The number of hydrogen-bond acceptors (Lipinski definition) is 5. The average molecular weight is 446 g/mol. The molecule has 1 heterocycles. The van der Waals surface area contributed by atoms with Crippen molar-refractivity contribution in [3.8, 4) is 5.75 Å². The van der Waals surface area contributed by atoms with E-state index in [1.54, 1.807) is 19.1 Å². The zero-order chi connectivity index (χ0) is 22.8. The van der Waals surface area contributed by atoms with Gasteiger partial charge in [-0.25, -0.2) is 8.42 Å². The Bertz CT molecular complexity index is 1110. The van der Waals surface area contributed by atoms with Gasteiger partial charge >= 0.3 is 0 Å². The van der Waals surface area contributed by atoms with E-state index in [0.717, 1.165) is 16.3 Å². The Morgan fingerprint density at radius 3 is 2.61 bits per heavy atom. The summed E-state index contributed by atoms with van der Waals surface area (Å²) < 4.78 is 33.0. The van der Waals surface area contributed by atoms with Gasteiger partial charge in [-0.3, -0.25) is 9.59 Å². The molecule has 1 aliphatic rings. The number of rotatable bonds is 7. The Labute approximate surface area is 182 Å². The number of likely N-dealkylation sites (N-methyl/N-ethyl adjacent to an activating group) is 1. The lowest BCUT2D eigenvalue weighted by atomic mass is 10.1. The molecule has 0 fully saturated rings. The van der Waals surface area contributed by atoms with Gasteiger partial charge in [0.1, 0.15) is 5.75 Å². The fraction of sp³-hybridized carbons (Fsp3) is 0.364. The Kier molecular flexibility index (Phi) is 6.66. The Morgan fingerprint density at radius 1 is 1.23 bits per heavy atom. The average Bonchev–Trinajstić information content (AvgIpc) is 2.73. The van der Waals surface area contributed by atoms with Gasteiger partial charge in [-0.15, -0.1) is 0 Å². The van der Waals surface area contributed by atoms with Crippen molar-refractivity contribution in [3.63, 3.8) is 0 Å². The van der Waals surface area contributed by atoms with E-state index in [4.69, 9.17) is 4.74 Å². The van der Waals surface area contributed by atoms with Crippen LogP contribution in [0.5, 0.6) is 5.75 Å². The molecule has 0 spiro atoms. The molecule has 3 rings (SSSR count). The second-order valence-corrected chi connectivity index (χ2v) is 9.45. The summed E-state index contributed by atoms with van der Waals surface area (Å²) in [4.78, 5) is 24.5. The highest BCUT2D eigenvalue weighted by Gasteiger charge is 2.31. The van der Waals surface area contributed by atoms with Crippen LogP contribution in [-0.2, 0) is 26.0 Å². The number of amides is 2. The van der Waals surface area contributed by atoms with Crippen molar-refractivity contribution in [2.75, 3.05) is 24.2 Å². The van der Waals surface area contributed by atoms with Crippen LogP contribution >= 0.6 is 0 Å². The van der Waals surface area contributed by atoms with Gasteiger partial charge in [-0.05, 0) is 43.0 Å². The van der Waals surface area contributed by atoms with Crippen LogP contribution in [0.15, 0.2) is 41.3 Å². The summed E-state index contributed by atoms with van der Waals surface area (Å²) in [6.45, 7) is 5.08. The number of benzene rings is 2. The molecule has 166 valence electrons. The normalized spacial score (nSPS) is 15.8. The molecule has 0 aromatic heterocycles. The van der Waals surface area contributed by atoms with Gasteiger partial charge in [0.15, 0.2) is 6.10 Å². The predicted octanol–water partition coefficient (Wildman–Crippen LogP) is 2.93. The van der Waals surface area contributed by atoms with E-state index >= 15 is 0 Å². The number of sulfonamides is 1. The fourth-order valence-electron chi connectivity index (χ4n) is 3.43. The topological polar surface area (TPSA) is 105 Å². The van der Waals surface area contributed by atoms with Crippen LogP contribution in [0, 0.1) is 6.92 Å². The molecule has 2 N–H and O–H groups in total. The highest BCUT2D eigenvalue weighted by Crippen LogP contribution is 2.35. The van der Waals surface area contributed by atoms with E-state index < -0.39 is 22.0 Å². The monoisotopic (exact) mass is 445 g/mol. The van der Waals surface area contributed by atoms with Crippen LogP contribution < -0.4 is 15.4 Å². The van der Waals surface area contributed by atoms with Crippen LogP contribution in [0.25, 0.3) is 0 Å². The molecule has 0 unspecified atom stereocenters. The van der Waals surface area contributed by atoms with Crippen molar-refractivity contribution < 1.29 is 22.7 Å². The van der Waals surface area contributed by atoms with Crippen molar-refractivity contribution in [1.29, 1.82) is 0 Å². The van der Waals surface area contributed by atoms with E-state index in [0.29, 0.717) is 29.1 Å². The summed E-state index contributed by atoms with van der Waals surface area (Å²) >= 11 is 0. The molecule has 8 nitrogen and oxygen atoms in total. The summed E-state index contributed by atoms with van der Waals surface area (Å²) in [7, 11) is -2.61. The molecule has 1 atom stereocenters. The van der Waals surface area contributed by atoms with Crippen LogP contribution in [0.1, 0.15) is 31.4 Å². The maximum atomic E-state index is 13.2. The molecule has 9 heteroatoms. The summed E-state index contributed by atoms with van der Waals surface area (Å²) in [5.41, 5.74) is 2.51. The van der Waals surface area contributed by atoms with E-state index in [1.165, 1.54) is 13.1 Å². The van der Waals surface area contributed by atoms with Gasteiger partial charge in [0.2, 0.25) is 15.9 Å². The van der Waals surface area contributed by atoms with Gasteiger partial charge in [-0.2, -0.15) is 4.31 Å². The van der Waals surface area contributed by atoms with Crippen LogP contribution in [-0.4, -0.2) is 44.2 Å². The van der Waals surface area contributed by atoms with Gasteiger partial charge in [0.05, 0.1) is 17.1 Å². The number of nitrogens with one attached hydrogen (secondary N) is 2. The number of aryl methyl sites for hydroxylation is 2. The molecular weight excluding hydrogens is 418 g/mol. The summed E-state index contributed by atoms with van der Waals surface area (Å²) in [5, 5.41) is 5.52. The Morgan fingerprint density at radius 2 is 1.94 bits per heavy atom. The number of nitrogens with zero attached hydrogens (tertiary/aromatic N) is 1. The van der Waals surface area contributed by atoms with Crippen molar-refractivity contribution >= 4 is 33.2 Å². The first-order valence-electron chi connectivity index (χ1n) is 10.1. The van der Waals surface area contributed by atoms with E-state index in [-0.39, 0.29) is 17.3 Å². The lowest BCUT2D eigenvalue weighted by Crippen LogP contribution is -2.37. The number of para-hydroxylation sites is 1. The minimum absolute atomic E-state index is 0.0292. The van der Waals surface area contributed by atoms with Gasteiger partial charge < -0.3 is 15.4 Å². The maximum absolute atomic E-state index is 13.2. The van der Waals surface area contributed by atoms with E-state index in [9.17, 15) is 18.0 Å². The molecule has 2 aromatic carbocycles. The van der Waals surface area contributed by atoms with Gasteiger partial charge in [0, 0.05) is 18.8 Å². The van der Waals surface area contributed by atoms with E-state index in [2.05, 4.69) is 10.6 Å². The fourth-order valence-corrected chi connectivity index (χ4v) is 4.77. The van der Waals surface area contributed by atoms with Crippen LogP contribution in [0.4, 0.5) is 11.4 Å². The lowest BCUT2D eigenvalue weighted by Gasteiger charge is -2.27. The number of ether oxygens (including phenoxy) is 1. The highest BCUT2D eigenvalue weighted by molar-refractivity contribution is 7.89. The number of fused-ring (bicyclic) bond motifs is 1. The molecule has 2 aromatic rings. The smallest absolute Gasteiger partial charge is 0.265 e. The molecule has 0 saturated heterocycles. The molecule has 0 radical (unpaired) electrons. The zero-order valence-electron chi connectivity index (χ0n) is 18.1. The summed E-state index contributed by atoms with van der Waals surface area (Å²) in [6, 6.07) is 10.4. The summed E-state index contributed by atoms with van der Waals surface area (Å²) in [6.07, 6.45) is 0.530. The first-order chi connectivity index (χ1) is 14.7. The first kappa shape index (κ1) is 22.8. The minimum Gasteiger partial charge on any atom is -0.478 e. The number of carbonyl (C=O) groups is 2. The Balaban J connectivity index is 1.81. The quantitative estimate of drug-likeness (QED) is 0.682. The van der Waals surface area contributed by atoms with Crippen molar-refractivity contribution in [1.82, 2.24) is 4.31 Å². The third-order valence-corrected chi connectivity index (χ3v) is 7.14. The lowest BCUT2D eigenvalue weighted by molar-refractivity contribution is -0.123. The second kappa shape index (κ2) is 9.07. The Hall–Kier alpha value is -2.91. The van der Waals surface area contributed by atoms with Crippen molar-refractivity contribution in [2.45, 2.75) is 44.6 Å². The largest absolute Gasteiger partial charge is 0.478 e. The number of carbonyl (C=O) groups excluding carboxylic acids is 2. The van der Waals surface area contributed by atoms with Crippen molar-refractivity contribution in [2.24, 2.45) is 0 Å². The third-order valence-electron chi connectivity index (χ3n) is 5.19. The second-order valence-electron chi connectivity index (χ2n) is 7.44. The molecule has 1 aliphatic heterocycles. The molecule has 2 amide bonds. The number of anilines is 2. The maximum Gasteiger partial charge on any atom is 0.265 e. The van der Waals surface area contributed by atoms with Gasteiger partial charge in [-0.1, -0.05) is 32.0 Å². The predicted molar refractivity (Wildman–Crippen MR) is 119 cm³/mol.